The molecular formula is C17H17N3O3S. The monoisotopic (exact) mass is 343 g/mol. The molecular weight excluding hydrogens is 326 g/mol. The van der Waals surface area contributed by atoms with Crippen molar-refractivity contribution in [1.29, 1.82) is 0 Å². The number of nitrogens with zero attached hydrogens (tertiary/aromatic N) is 2. The fraction of sp³-hybridized carbons (Fsp3) is 0.176. The predicted molar refractivity (Wildman–Crippen MR) is 92.2 cm³/mol. The van der Waals surface area contributed by atoms with Gasteiger partial charge in [-0.2, -0.15) is 4.98 Å². The van der Waals surface area contributed by atoms with E-state index < -0.39 is 10.0 Å². The summed E-state index contributed by atoms with van der Waals surface area (Å²) in [4.78, 5) is 4.44. The van der Waals surface area contributed by atoms with Crippen molar-refractivity contribution in [2.75, 3.05) is 11.0 Å². The van der Waals surface area contributed by atoms with Crippen molar-refractivity contribution in [3.8, 4) is 11.5 Å². The second-order valence-corrected chi connectivity index (χ2v) is 7.29. The van der Waals surface area contributed by atoms with Gasteiger partial charge >= 0.3 is 0 Å². The highest BCUT2D eigenvalue weighted by atomic mass is 32.2. The van der Waals surface area contributed by atoms with Crippen LogP contribution in [0.3, 0.4) is 0 Å². The highest BCUT2D eigenvalue weighted by Crippen LogP contribution is 2.25. The lowest BCUT2D eigenvalue weighted by molar-refractivity contribution is 0.420. The van der Waals surface area contributed by atoms with Gasteiger partial charge in [0, 0.05) is 17.2 Å². The van der Waals surface area contributed by atoms with Crippen LogP contribution in [0, 0.1) is 0 Å². The summed E-state index contributed by atoms with van der Waals surface area (Å²) in [5.74, 6) is 1.03. The second-order valence-electron chi connectivity index (χ2n) is 5.54. The van der Waals surface area contributed by atoms with E-state index >= 15 is 0 Å². The molecule has 3 aromatic rings. The van der Waals surface area contributed by atoms with Crippen molar-refractivity contribution in [2.24, 2.45) is 0 Å². The molecule has 0 aliphatic rings. The number of benzene rings is 2. The molecule has 0 bridgehead atoms. The Labute approximate surface area is 140 Å². The molecule has 0 radical (unpaired) electrons. The number of aromatic nitrogens is 2. The highest BCUT2D eigenvalue weighted by molar-refractivity contribution is 7.92. The average molecular weight is 343 g/mol. The van der Waals surface area contributed by atoms with Gasteiger partial charge in [0.25, 0.3) is 5.89 Å². The van der Waals surface area contributed by atoms with Crippen LogP contribution in [0.2, 0.25) is 0 Å². The summed E-state index contributed by atoms with van der Waals surface area (Å²) >= 11 is 0. The lowest BCUT2D eigenvalue weighted by Gasteiger charge is -2.05. The first-order valence-electron chi connectivity index (χ1n) is 7.39. The molecule has 0 aliphatic heterocycles. The van der Waals surface area contributed by atoms with Crippen LogP contribution in [-0.4, -0.2) is 24.8 Å². The summed E-state index contributed by atoms with van der Waals surface area (Å²) in [6, 6.07) is 16.7. The van der Waals surface area contributed by atoms with Gasteiger partial charge in [-0.05, 0) is 29.8 Å². The Balaban J connectivity index is 1.80. The number of anilines is 1. The minimum absolute atomic E-state index is 0.0230. The lowest BCUT2D eigenvalue weighted by Crippen LogP contribution is -2.09. The predicted octanol–water partition coefficient (Wildman–Crippen LogP) is 3.26. The van der Waals surface area contributed by atoms with E-state index in [1.165, 1.54) is 0 Å². The van der Waals surface area contributed by atoms with Crippen molar-refractivity contribution in [3.63, 3.8) is 0 Å². The fourth-order valence-corrected chi connectivity index (χ4v) is 2.88. The van der Waals surface area contributed by atoms with Crippen LogP contribution in [0.1, 0.15) is 24.2 Å². The zero-order chi connectivity index (χ0) is 17.2. The summed E-state index contributed by atoms with van der Waals surface area (Å²) in [5.41, 5.74) is 2.32. The zero-order valence-electron chi connectivity index (χ0n) is 13.3. The maximum atomic E-state index is 11.2. The molecule has 0 fully saturated rings. The standard InChI is InChI=1S/C17H17N3O3S/c1-12(13-6-4-3-5-7-13)16-18-17(23-19-16)14-8-10-15(11-9-14)20-24(2,21)22/h3-12,20H,1-2H3. The van der Waals surface area contributed by atoms with E-state index in [4.69, 9.17) is 4.52 Å². The Kier molecular flexibility index (Phi) is 4.35. The normalized spacial score (nSPS) is 12.8. The summed E-state index contributed by atoms with van der Waals surface area (Å²) in [6.07, 6.45) is 1.11. The van der Waals surface area contributed by atoms with E-state index in [0.717, 1.165) is 17.4 Å². The van der Waals surface area contributed by atoms with Crippen molar-refractivity contribution in [2.45, 2.75) is 12.8 Å². The summed E-state index contributed by atoms with van der Waals surface area (Å²) in [6.45, 7) is 2.02. The number of hydrogen-bond acceptors (Lipinski definition) is 5. The van der Waals surface area contributed by atoms with Crippen molar-refractivity contribution in [1.82, 2.24) is 10.1 Å². The van der Waals surface area contributed by atoms with Crippen LogP contribution in [0.4, 0.5) is 5.69 Å². The van der Waals surface area contributed by atoms with Crippen LogP contribution in [-0.2, 0) is 10.0 Å². The van der Waals surface area contributed by atoms with E-state index in [-0.39, 0.29) is 5.92 Å². The zero-order valence-corrected chi connectivity index (χ0v) is 14.1. The van der Waals surface area contributed by atoms with Crippen molar-refractivity contribution >= 4 is 15.7 Å². The third-order valence-corrected chi connectivity index (χ3v) is 4.17. The molecule has 1 heterocycles. The second kappa shape index (κ2) is 6.45. The first kappa shape index (κ1) is 16.2. The van der Waals surface area contributed by atoms with Crippen LogP contribution in [0.25, 0.3) is 11.5 Å². The van der Waals surface area contributed by atoms with Crippen LogP contribution >= 0.6 is 0 Å². The molecule has 6 nitrogen and oxygen atoms in total. The van der Waals surface area contributed by atoms with Gasteiger partial charge in [0.05, 0.1) is 6.26 Å². The van der Waals surface area contributed by atoms with Gasteiger partial charge in [-0.1, -0.05) is 42.4 Å². The molecule has 0 spiro atoms. The molecule has 0 saturated heterocycles. The quantitative estimate of drug-likeness (QED) is 0.768. The molecule has 1 aromatic heterocycles. The molecule has 0 amide bonds. The van der Waals surface area contributed by atoms with E-state index in [1.807, 2.05) is 37.3 Å². The summed E-state index contributed by atoms with van der Waals surface area (Å²) < 4.78 is 30.2. The van der Waals surface area contributed by atoms with Gasteiger partial charge in [0.2, 0.25) is 10.0 Å². The SMILES string of the molecule is CC(c1ccccc1)c1noc(-c2ccc(NS(C)(=O)=O)cc2)n1. The van der Waals surface area contributed by atoms with Crippen LogP contribution in [0.5, 0.6) is 0 Å². The molecule has 0 saturated carbocycles. The molecule has 7 heteroatoms. The maximum Gasteiger partial charge on any atom is 0.257 e. The first-order valence-corrected chi connectivity index (χ1v) is 9.28. The molecule has 2 aromatic carbocycles. The number of nitrogens with one attached hydrogen (secondary N) is 1. The fourth-order valence-electron chi connectivity index (χ4n) is 2.31. The Morgan fingerprint density at radius 1 is 1.04 bits per heavy atom. The van der Waals surface area contributed by atoms with Gasteiger partial charge in [0.1, 0.15) is 0 Å². The van der Waals surface area contributed by atoms with Crippen molar-refractivity contribution in [3.05, 3.63) is 66.0 Å². The van der Waals surface area contributed by atoms with E-state index in [2.05, 4.69) is 14.9 Å². The number of hydrogen-bond donors (Lipinski definition) is 1. The molecule has 1 atom stereocenters. The van der Waals surface area contributed by atoms with Gasteiger partial charge in [-0.25, -0.2) is 8.42 Å². The smallest absolute Gasteiger partial charge is 0.257 e. The van der Waals surface area contributed by atoms with E-state index in [1.54, 1.807) is 24.3 Å². The lowest BCUT2D eigenvalue weighted by atomic mass is 10.0. The Morgan fingerprint density at radius 2 is 1.71 bits per heavy atom. The highest BCUT2D eigenvalue weighted by Gasteiger charge is 2.16. The maximum absolute atomic E-state index is 11.2. The molecule has 0 aliphatic carbocycles. The Hall–Kier alpha value is -2.67. The summed E-state index contributed by atoms with van der Waals surface area (Å²) in [7, 11) is -3.29. The van der Waals surface area contributed by atoms with Crippen LogP contribution < -0.4 is 4.72 Å². The third-order valence-electron chi connectivity index (χ3n) is 3.56. The minimum atomic E-state index is -3.29. The molecule has 1 N–H and O–H groups in total. The van der Waals surface area contributed by atoms with Gasteiger partial charge in [-0.15, -0.1) is 0 Å². The average Bonchev–Trinajstić information content (AvgIpc) is 3.04. The number of rotatable bonds is 5. The van der Waals surface area contributed by atoms with E-state index in [9.17, 15) is 8.42 Å². The van der Waals surface area contributed by atoms with Gasteiger partial charge < -0.3 is 4.52 Å². The molecule has 124 valence electrons. The van der Waals surface area contributed by atoms with Gasteiger partial charge in [-0.3, -0.25) is 4.72 Å². The topological polar surface area (TPSA) is 85.1 Å². The van der Waals surface area contributed by atoms with E-state index in [0.29, 0.717) is 17.4 Å². The summed E-state index contributed by atoms with van der Waals surface area (Å²) in [5, 5.41) is 4.05. The Morgan fingerprint density at radius 3 is 2.33 bits per heavy atom. The largest absolute Gasteiger partial charge is 0.334 e. The molecule has 24 heavy (non-hydrogen) atoms. The number of sulfonamides is 1. The Bertz CT molecular complexity index is 919. The minimum Gasteiger partial charge on any atom is -0.334 e. The third kappa shape index (κ3) is 3.80. The van der Waals surface area contributed by atoms with Gasteiger partial charge in [0.15, 0.2) is 5.82 Å². The van der Waals surface area contributed by atoms with Crippen LogP contribution in [0.15, 0.2) is 59.1 Å². The molecule has 1 unspecified atom stereocenters. The van der Waals surface area contributed by atoms with Crippen molar-refractivity contribution < 1.29 is 12.9 Å². The first-order chi connectivity index (χ1) is 11.4. The molecule has 3 rings (SSSR count).